The number of anilines is 1. The van der Waals surface area contributed by atoms with Crippen LogP contribution in [0.5, 0.6) is 11.5 Å². The van der Waals surface area contributed by atoms with Gasteiger partial charge in [-0.2, -0.15) is 4.68 Å². The Kier molecular flexibility index (Phi) is 4.41. The van der Waals surface area contributed by atoms with Crippen molar-refractivity contribution in [3.05, 3.63) is 60.2 Å². The van der Waals surface area contributed by atoms with Crippen LogP contribution in [0.15, 0.2) is 54.6 Å². The molecule has 7 heteroatoms. The summed E-state index contributed by atoms with van der Waals surface area (Å²) in [5.41, 5.74) is 7.98. The summed E-state index contributed by atoms with van der Waals surface area (Å²) in [6.07, 6.45) is 3.14. The van der Waals surface area contributed by atoms with E-state index >= 15 is 0 Å². The quantitative estimate of drug-likeness (QED) is 0.549. The number of nitrogens with two attached hydrogens (primary N) is 1. The zero-order valence-electron chi connectivity index (χ0n) is 15.4. The maximum Gasteiger partial charge on any atom is 0.272 e. The van der Waals surface area contributed by atoms with Gasteiger partial charge in [0.2, 0.25) is 0 Å². The Bertz CT molecular complexity index is 1210. The van der Waals surface area contributed by atoms with Crippen LogP contribution >= 0.6 is 0 Å². The Balaban J connectivity index is 1.73. The third-order valence-corrected chi connectivity index (χ3v) is 4.43. The summed E-state index contributed by atoms with van der Waals surface area (Å²) >= 11 is 0. The van der Waals surface area contributed by atoms with Gasteiger partial charge in [-0.1, -0.05) is 12.1 Å². The number of rotatable bonds is 4. The number of ether oxygens (including phenoxy) is 2. The fourth-order valence-electron chi connectivity index (χ4n) is 2.93. The average Bonchev–Trinajstić information content (AvgIpc) is 3.06. The molecule has 4 aromatic rings. The lowest BCUT2D eigenvalue weighted by atomic mass is 10.2. The Morgan fingerprint density at radius 3 is 2.46 bits per heavy atom. The minimum absolute atomic E-state index is 0.256. The second-order valence-corrected chi connectivity index (χ2v) is 6.16. The molecule has 7 nitrogen and oxygen atoms in total. The predicted molar refractivity (Wildman–Crippen MR) is 109 cm³/mol. The molecular formula is C21H18N4O3. The minimum atomic E-state index is -0.340. The summed E-state index contributed by atoms with van der Waals surface area (Å²) < 4.78 is 11.6. The highest BCUT2D eigenvalue weighted by atomic mass is 16.5. The number of carbonyl (C=O) groups excluding carboxylic acids is 1. The molecule has 0 bridgehead atoms. The number of allylic oxidation sites excluding steroid dienone is 1. The lowest BCUT2D eigenvalue weighted by Crippen LogP contribution is -2.10. The van der Waals surface area contributed by atoms with Crippen LogP contribution in [0.3, 0.4) is 0 Å². The van der Waals surface area contributed by atoms with Gasteiger partial charge in [0.15, 0.2) is 11.5 Å². The van der Waals surface area contributed by atoms with Crippen LogP contribution in [0.4, 0.5) is 5.82 Å². The van der Waals surface area contributed by atoms with Crippen molar-refractivity contribution in [3.63, 3.8) is 0 Å². The molecule has 0 saturated heterocycles. The maximum atomic E-state index is 12.7. The van der Waals surface area contributed by atoms with Crippen molar-refractivity contribution in [2.45, 2.75) is 0 Å². The number of nitrogens with zero attached hydrogens (tertiary/aromatic N) is 3. The Morgan fingerprint density at radius 1 is 1.04 bits per heavy atom. The van der Waals surface area contributed by atoms with Gasteiger partial charge in [-0.05, 0) is 42.0 Å². The number of hydrogen-bond donors (Lipinski definition) is 1. The first-order valence-corrected chi connectivity index (χ1v) is 8.58. The monoisotopic (exact) mass is 374 g/mol. The molecule has 140 valence electrons. The standard InChI is InChI=1S/C21H18N4O3/c1-27-15-7-3-13(4-8-15)5-10-19(26)25-21-17(20(22)24-25)11-14-6-9-16(28-2)12-18(14)23-21/h3-12H,1-2H3,(H2,22,24)/b10-5+. The second kappa shape index (κ2) is 7.03. The van der Waals surface area contributed by atoms with Gasteiger partial charge in [0.25, 0.3) is 5.91 Å². The third kappa shape index (κ3) is 3.14. The highest BCUT2D eigenvalue weighted by Gasteiger charge is 2.15. The molecule has 4 rings (SSSR count). The van der Waals surface area contributed by atoms with E-state index in [1.54, 1.807) is 26.4 Å². The number of fused-ring (bicyclic) bond motifs is 2. The molecule has 0 unspecified atom stereocenters. The van der Waals surface area contributed by atoms with E-state index in [0.717, 1.165) is 16.7 Å². The summed E-state index contributed by atoms with van der Waals surface area (Å²) in [6.45, 7) is 0. The summed E-state index contributed by atoms with van der Waals surface area (Å²) in [4.78, 5) is 17.3. The van der Waals surface area contributed by atoms with Gasteiger partial charge in [0, 0.05) is 17.5 Å². The summed E-state index contributed by atoms with van der Waals surface area (Å²) in [6, 6.07) is 14.8. The van der Waals surface area contributed by atoms with E-state index in [1.807, 2.05) is 42.5 Å². The van der Waals surface area contributed by atoms with Crippen LogP contribution in [0.25, 0.3) is 28.0 Å². The molecule has 0 radical (unpaired) electrons. The first-order chi connectivity index (χ1) is 13.6. The van der Waals surface area contributed by atoms with Gasteiger partial charge in [-0.3, -0.25) is 4.79 Å². The molecule has 2 aromatic heterocycles. The number of nitrogen functional groups attached to an aromatic ring is 1. The lowest BCUT2D eigenvalue weighted by Gasteiger charge is -2.03. The zero-order chi connectivity index (χ0) is 19.7. The molecule has 2 heterocycles. The van der Waals surface area contributed by atoms with Gasteiger partial charge in [-0.25, -0.2) is 4.98 Å². The molecule has 0 aliphatic rings. The van der Waals surface area contributed by atoms with Gasteiger partial charge >= 0.3 is 0 Å². The van der Waals surface area contributed by atoms with Crippen molar-refractivity contribution in [2.24, 2.45) is 0 Å². The fourth-order valence-corrected chi connectivity index (χ4v) is 2.93. The predicted octanol–water partition coefficient (Wildman–Crippen LogP) is 3.54. The van der Waals surface area contributed by atoms with E-state index in [0.29, 0.717) is 22.3 Å². The van der Waals surface area contributed by atoms with Gasteiger partial charge in [0.1, 0.15) is 11.5 Å². The van der Waals surface area contributed by atoms with Crippen LogP contribution in [-0.2, 0) is 0 Å². The first kappa shape index (κ1) is 17.5. The Hall–Kier alpha value is -3.87. The van der Waals surface area contributed by atoms with Gasteiger partial charge in [0.05, 0.1) is 25.1 Å². The molecular weight excluding hydrogens is 356 g/mol. The molecule has 0 spiro atoms. The molecule has 0 atom stereocenters. The number of pyridine rings is 1. The molecule has 28 heavy (non-hydrogen) atoms. The summed E-state index contributed by atoms with van der Waals surface area (Å²) in [5, 5.41) is 5.69. The highest BCUT2D eigenvalue weighted by Crippen LogP contribution is 2.26. The van der Waals surface area contributed by atoms with Crippen molar-refractivity contribution >= 4 is 39.7 Å². The van der Waals surface area contributed by atoms with Crippen LogP contribution < -0.4 is 15.2 Å². The van der Waals surface area contributed by atoms with Crippen LogP contribution in [0.1, 0.15) is 10.4 Å². The fraction of sp³-hybridized carbons (Fsp3) is 0.0952. The van der Waals surface area contributed by atoms with Crippen LogP contribution in [0, 0.1) is 0 Å². The number of benzene rings is 2. The summed E-state index contributed by atoms with van der Waals surface area (Å²) in [5.74, 6) is 1.35. The van der Waals surface area contributed by atoms with Crippen LogP contribution in [0.2, 0.25) is 0 Å². The van der Waals surface area contributed by atoms with Crippen molar-refractivity contribution < 1.29 is 14.3 Å². The second-order valence-electron chi connectivity index (χ2n) is 6.16. The number of aromatic nitrogens is 3. The van der Waals surface area contributed by atoms with Crippen molar-refractivity contribution in [3.8, 4) is 11.5 Å². The van der Waals surface area contributed by atoms with Crippen molar-refractivity contribution in [1.29, 1.82) is 0 Å². The summed E-state index contributed by atoms with van der Waals surface area (Å²) in [7, 11) is 3.20. The van der Waals surface area contributed by atoms with E-state index in [9.17, 15) is 4.79 Å². The third-order valence-electron chi connectivity index (χ3n) is 4.43. The van der Waals surface area contributed by atoms with E-state index in [-0.39, 0.29) is 11.7 Å². The van der Waals surface area contributed by atoms with E-state index in [1.165, 1.54) is 10.8 Å². The van der Waals surface area contributed by atoms with Crippen molar-refractivity contribution in [1.82, 2.24) is 14.8 Å². The zero-order valence-corrected chi connectivity index (χ0v) is 15.4. The number of methoxy groups -OCH3 is 2. The Labute approximate surface area is 161 Å². The molecule has 0 fully saturated rings. The molecule has 0 aliphatic carbocycles. The SMILES string of the molecule is COc1ccc(/C=C/C(=O)n2nc(N)c3cc4ccc(OC)cc4nc32)cc1. The normalized spacial score (nSPS) is 11.4. The molecule has 2 aromatic carbocycles. The Morgan fingerprint density at radius 2 is 1.75 bits per heavy atom. The average molecular weight is 374 g/mol. The van der Waals surface area contributed by atoms with E-state index in [4.69, 9.17) is 15.2 Å². The largest absolute Gasteiger partial charge is 0.497 e. The molecule has 0 saturated carbocycles. The van der Waals surface area contributed by atoms with E-state index < -0.39 is 0 Å². The maximum absolute atomic E-state index is 12.7. The molecule has 2 N–H and O–H groups in total. The van der Waals surface area contributed by atoms with E-state index in [2.05, 4.69) is 10.1 Å². The van der Waals surface area contributed by atoms with Crippen LogP contribution in [-0.4, -0.2) is 34.9 Å². The van der Waals surface area contributed by atoms with Gasteiger partial charge in [-0.15, -0.1) is 5.10 Å². The minimum Gasteiger partial charge on any atom is -0.497 e. The number of hydrogen-bond acceptors (Lipinski definition) is 6. The van der Waals surface area contributed by atoms with Crippen molar-refractivity contribution in [2.75, 3.05) is 20.0 Å². The van der Waals surface area contributed by atoms with Gasteiger partial charge < -0.3 is 15.2 Å². The smallest absolute Gasteiger partial charge is 0.272 e. The number of carbonyl (C=O) groups is 1. The first-order valence-electron chi connectivity index (χ1n) is 8.58. The molecule has 0 aliphatic heterocycles. The highest BCUT2D eigenvalue weighted by molar-refractivity contribution is 6.04. The topological polar surface area (TPSA) is 92.3 Å². The molecule has 0 amide bonds. The lowest BCUT2D eigenvalue weighted by molar-refractivity contribution is 0.0960.